The third kappa shape index (κ3) is 1.38. The highest BCUT2D eigenvalue weighted by molar-refractivity contribution is 5.29. The molecule has 1 aromatic heterocycles. The molecule has 70 valence electrons. The molecule has 0 unspecified atom stereocenters. The van der Waals surface area contributed by atoms with Gasteiger partial charge in [0.05, 0.1) is 25.9 Å². The van der Waals surface area contributed by atoms with Crippen LogP contribution in [-0.4, -0.2) is 25.3 Å². The van der Waals surface area contributed by atoms with E-state index >= 15 is 0 Å². The molecule has 0 radical (unpaired) electrons. The third-order valence-electron chi connectivity index (χ3n) is 2.24. The van der Waals surface area contributed by atoms with Crippen molar-refractivity contribution in [3.8, 4) is 5.88 Å². The summed E-state index contributed by atoms with van der Waals surface area (Å²) in [6.07, 6.45) is 1.70. The maximum atomic E-state index is 6.04. The van der Waals surface area contributed by atoms with E-state index in [-0.39, 0.29) is 5.54 Å². The molecule has 1 aromatic rings. The first-order chi connectivity index (χ1) is 6.24. The van der Waals surface area contributed by atoms with E-state index in [1.807, 2.05) is 12.1 Å². The second-order valence-corrected chi connectivity index (χ2v) is 3.24. The van der Waals surface area contributed by atoms with Gasteiger partial charge in [-0.15, -0.1) is 0 Å². The summed E-state index contributed by atoms with van der Waals surface area (Å²) in [5.74, 6) is 0.592. The van der Waals surface area contributed by atoms with Crippen LogP contribution < -0.4 is 10.5 Å². The Morgan fingerprint density at radius 2 is 2.38 bits per heavy atom. The third-order valence-corrected chi connectivity index (χ3v) is 2.24. The van der Waals surface area contributed by atoms with Gasteiger partial charge in [-0.3, -0.25) is 0 Å². The summed E-state index contributed by atoms with van der Waals surface area (Å²) in [4.78, 5) is 4.01. The monoisotopic (exact) mass is 180 g/mol. The lowest BCUT2D eigenvalue weighted by Gasteiger charge is -2.38. The van der Waals surface area contributed by atoms with Crippen molar-refractivity contribution in [1.82, 2.24) is 4.98 Å². The summed E-state index contributed by atoms with van der Waals surface area (Å²) in [6.45, 7) is 1.14. The first-order valence-electron chi connectivity index (χ1n) is 4.12. The molecule has 0 spiro atoms. The number of aromatic nitrogens is 1. The van der Waals surface area contributed by atoms with Crippen LogP contribution in [0.4, 0.5) is 0 Å². The van der Waals surface area contributed by atoms with E-state index in [1.165, 1.54) is 0 Å². The predicted molar refractivity (Wildman–Crippen MR) is 47.5 cm³/mol. The molecule has 13 heavy (non-hydrogen) atoms. The molecule has 0 saturated carbocycles. The van der Waals surface area contributed by atoms with E-state index in [1.54, 1.807) is 13.3 Å². The van der Waals surface area contributed by atoms with E-state index in [4.69, 9.17) is 15.2 Å². The number of nitrogens with zero attached hydrogens (tertiary/aromatic N) is 1. The molecule has 0 aliphatic carbocycles. The van der Waals surface area contributed by atoms with Crippen LogP contribution in [0.3, 0.4) is 0 Å². The Morgan fingerprint density at radius 1 is 1.62 bits per heavy atom. The van der Waals surface area contributed by atoms with Crippen LogP contribution in [0, 0.1) is 0 Å². The van der Waals surface area contributed by atoms with Crippen LogP contribution in [0.2, 0.25) is 0 Å². The van der Waals surface area contributed by atoms with Gasteiger partial charge in [-0.05, 0) is 11.6 Å². The standard InChI is InChI=1S/C9H12N2O2/c1-12-8-4-7(2-3-11-8)9(10)5-13-6-9/h2-4H,5-6,10H2,1H3. The van der Waals surface area contributed by atoms with E-state index in [9.17, 15) is 0 Å². The van der Waals surface area contributed by atoms with Gasteiger partial charge in [0.1, 0.15) is 0 Å². The zero-order valence-electron chi connectivity index (χ0n) is 7.49. The van der Waals surface area contributed by atoms with Crippen LogP contribution in [0.15, 0.2) is 18.3 Å². The fourth-order valence-electron chi connectivity index (χ4n) is 1.32. The van der Waals surface area contributed by atoms with Crippen molar-refractivity contribution in [3.63, 3.8) is 0 Å². The van der Waals surface area contributed by atoms with E-state index in [0.717, 1.165) is 5.56 Å². The van der Waals surface area contributed by atoms with E-state index < -0.39 is 0 Å². The molecule has 0 amide bonds. The highest BCUT2D eigenvalue weighted by Crippen LogP contribution is 2.27. The summed E-state index contributed by atoms with van der Waals surface area (Å²) in [7, 11) is 1.59. The van der Waals surface area contributed by atoms with Gasteiger partial charge in [0.25, 0.3) is 0 Å². The zero-order valence-corrected chi connectivity index (χ0v) is 7.49. The van der Waals surface area contributed by atoms with Gasteiger partial charge in [-0.1, -0.05) is 0 Å². The Kier molecular flexibility index (Phi) is 1.94. The largest absolute Gasteiger partial charge is 0.481 e. The number of hydrogen-bond donors (Lipinski definition) is 1. The Morgan fingerprint density at radius 3 is 2.92 bits per heavy atom. The van der Waals surface area contributed by atoms with Crippen molar-refractivity contribution in [2.24, 2.45) is 5.73 Å². The van der Waals surface area contributed by atoms with Gasteiger partial charge in [0.2, 0.25) is 5.88 Å². The number of pyridine rings is 1. The maximum absolute atomic E-state index is 6.04. The van der Waals surface area contributed by atoms with Gasteiger partial charge in [-0.2, -0.15) is 0 Å². The Bertz CT molecular complexity index is 310. The van der Waals surface area contributed by atoms with Gasteiger partial charge in [0.15, 0.2) is 0 Å². The Balaban J connectivity index is 2.29. The molecule has 0 bridgehead atoms. The molecule has 4 nitrogen and oxygen atoms in total. The van der Waals surface area contributed by atoms with Crippen LogP contribution in [0.25, 0.3) is 0 Å². The van der Waals surface area contributed by atoms with Gasteiger partial charge < -0.3 is 15.2 Å². The Hall–Kier alpha value is -1.13. The molecule has 4 heteroatoms. The average Bonchev–Trinajstić information content (AvgIpc) is 2.14. The van der Waals surface area contributed by atoms with Crippen molar-refractivity contribution in [3.05, 3.63) is 23.9 Å². The lowest BCUT2D eigenvalue weighted by molar-refractivity contribution is -0.0570. The van der Waals surface area contributed by atoms with Crippen molar-refractivity contribution >= 4 is 0 Å². The van der Waals surface area contributed by atoms with Gasteiger partial charge >= 0.3 is 0 Å². The summed E-state index contributed by atoms with van der Waals surface area (Å²) < 4.78 is 10.1. The summed E-state index contributed by atoms with van der Waals surface area (Å²) in [5, 5.41) is 0. The molecular weight excluding hydrogens is 168 g/mol. The first-order valence-corrected chi connectivity index (χ1v) is 4.12. The molecule has 0 atom stereocenters. The zero-order chi connectivity index (χ0) is 9.31. The van der Waals surface area contributed by atoms with Crippen LogP contribution in [0.5, 0.6) is 5.88 Å². The molecular formula is C9H12N2O2. The van der Waals surface area contributed by atoms with E-state index in [2.05, 4.69) is 4.98 Å². The number of methoxy groups -OCH3 is 1. The molecule has 2 N–H and O–H groups in total. The number of nitrogens with two attached hydrogens (primary N) is 1. The minimum Gasteiger partial charge on any atom is -0.481 e. The second kappa shape index (κ2) is 2.97. The summed E-state index contributed by atoms with van der Waals surface area (Å²) in [6, 6.07) is 3.74. The van der Waals surface area contributed by atoms with Crippen LogP contribution in [0.1, 0.15) is 5.56 Å². The lowest BCUT2D eigenvalue weighted by atomic mass is 9.90. The predicted octanol–water partition coefficient (Wildman–Crippen LogP) is 0.274. The highest BCUT2D eigenvalue weighted by atomic mass is 16.5. The molecule has 1 saturated heterocycles. The molecule has 2 rings (SSSR count). The van der Waals surface area contributed by atoms with Crippen molar-refractivity contribution in [2.75, 3.05) is 20.3 Å². The number of hydrogen-bond acceptors (Lipinski definition) is 4. The van der Waals surface area contributed by atoms with E-state index in [0.29, 0.717) is 19.1 Å². The number of rotatable bonds is 2. The Labute approximate surface area is 76.7 Å². The molecule has 1 fully saturated rings. The smallest absolute Gasteiger partial charge is 0.213 e. The van der Waals surface area contributed by atoms with Crippen molar-refractivity contribution in [2.45, 2.75) is 5.54 Å². The quantitative estimate of drug-likeness (QED) is 0.710. The van der Waals surface area contributed by atoms with Gasteiger partial charge in [0, 0.05) is 12.3 Å². The van der Waals surface area contributed by atoms with Crippen molar-refractivity contribution in [1.29, 1.82) is 0 Å². The van der Waals surface area contributed by atoms with Crippen LogP contribution >= 0.6 is 0 Å². The first kappa shape index (κ1) is 8.47. The minimum absolute atomic E-state index is 0.337. The number of ether oxygens (including phenoxy) is 2. The topological polar surface area (TPSA) is 57.4 Å². The summed E-state index contributed by atoms with van der Waals surface area (Å²) >= 11 is 0. The molecule has 0 aromatic carbocycles. The molecule has 2 heterocycles. The maximum Gasteiger partial charge on any atom is 0.213 e. The van der Waals surface area contributed by atoms with Gasteiger partial charge in [-0.25, -0.2) is 4.98 Å². The SMILES string of the molecule is COc1cc(C2(N)COC2)ccn1. The second-order valence-electron chi connectivity index (χ2n) is 3.24. The highest BCUT2D eigenvalue weighted by Gasteiger charge is 2.36. The lowest BCUT2D eigenvalue weighted by Crippen LogP contribution is -2.54. The minimum atomic E-state index is -0.337. The fraction of sp³-hybridized carbons (Fsp3) is 0.444. The summed E-state index contributed by atoms with van der Waals surface area (Å²) in [5.41, 5.74) is 6.72. The van der Waals surface area contributed by atoms with Crippen molar-refractivity contribution < 1.29 is 9.47 Å². The molecule has 1 aliphatic heterocycles. The average molecular weight is 180 g/mol. The van der Waals surface area contributed by atoms with Crippen LogP contribution in [-0.2, 0) is 10.3 Å². The normalized spacial score (nSPS) is 19.2. The fourth-order valence-corrected chi connectivity index (χ4v) is 1.32. The molecule has 1 aliphatic rings.